The fourth-order valence-corrected chi connectivity index (χ4v) is 12.1. The van der Waals surface area contributed by atoms with E-state index in [-0.39, 0.29) is 68.9 Å². The Bertz CT molecular complexity index is 4380. The number of nitrogens with zero attached hydrogens (tertiary/aromatic N) is 9. The third-order valence-electron chi connectivity index (χ3n) is 14.6. The second-order valence-corrected chi connectivity index (χ2v) is 23.4. The van der Waals surface area contributed by atoms with E-state index in [9.17, 15) is 36.4 Å². The summed E-state index contributed by atoms with van der Waals surface area (Å²) in [5, 5.41) is 13.3. The van der Waals surface area contributed by atoms with E-state index in [2.05, 4.69) is 46.2 Å². The Balaban J connectivity index is 0.000000199. The van der Waals surface area contributed by atoms with Crippen LogP contribution in [-0.4, -0.2) is 139 Å². The number of methoxy groups -OCH3 is 2. The average Bonchev–Trinajstić information content (AvgIpc) is 2.25. The molecule has 0 saturated carbocycles. The van der Waals surface area contributed by atoms with Gasteiger partial charge in [-0.1, -0.05) is 29.8 Å². The first-order chi connectivity index (χ1) is 41.9. The van der Waals surface area contributed by atoms with Crippen LogP contribution in [0.25, 0.3) is 22.1 Å². The summed E-state index contributed by atoms with van der Waals surface area (Å²) < 4.78 is 69.7. The lowest BCUT2D eigenvalue weighted by molar-refractivity contribution is -0.119. The molecule has 0 spiro atoms. The molecule has 9 aromatic rings. The molecule has 24 nitrogen and oxygen atoms in total. The molecule has 4 aromatic heterocycles. The number of nitrogens with one attached hydrogen (secondary N) is 5. The standard InChI is InChI=1S/C34H35FN8O5S.C27H29FN8O3/c1-19-9-11-22(12-10-19)49(46,47)43-20(2)15-23-32(37-25-8-6-7-24(35)30(25)31(36)45)39-34(40-33(23)43)38-26-17-27-21(16-28(26)48-5)13-14-42(27)29(44)18-41(3)4;1-14-10-16-25(30-14)33-27(34-26(16)31-18-7-5-6-17(28)23(18)24(29)38)32-19-12-20-15(11-21(19)39-4)8-9-36(20)22(37)13-35(2)3/h6-12,15-17H,13-14,18H2,1-5H3,(H2,36,45)(H2,37,38,39,40);5-7,10-12H,8-9,13H2,1-4H3,(H2,29,38)(H3,30,31,32,33,34). The third kappa shape index (κ3) is 12.3. The van der Waals surface area contributed by atoms with Gasteiger partial charge in [-0.25, -0.2) is 21.2 Å². The van der Waals surface area contributed by atoms with Crippen molar-refractivity contribution < 1.29 is 45.9 Å². The van der Waals surface area contributed by atoms with Crippen molar-refractivity contribution in [3.8, 4) is 11.5 Å². The van der Waals surface area contributed by atoms with Crippen LogP contribution in [0.4, 0.5) is 66.4 Å². The second-order valence-electron chi connectivity index (χ2n) is 21.6. The van der Waals surface area contributed by atoms with Crippen molar-refractivity contribution in [2.45, 2.75) is 38.5 Å². The Hall–Kier alpha value is -10.3. The first kappa shape index (κ1) is 60.9. The van der Waals surface area contributed by atoms with E-state index < -0.39 is 39.0 Å². The highest BCUT2D eigenvalue weighted by molar-refractivity contribution is 7.90. The van der Waals surface area contributed by atoms with Gasteiger partial charge in [0.25, 0.3) is 21.8 Å². The topological polar surface area (TPSA) is 306 Å². The van der Waals surface area contributed by atoms with Gasteiger partial charge >= 0.3 is 0 Å². The molecule has 0 aliphatic carbocycles. The maximum absolute atomic E-state index is 14.8. The van der Waals surface area contributed by atoms with Crippen molar-refractivity contribution >= 4 is 113 Å². The molecule has 88 heavy (non-hydrogen) atoms. The van der Waals surface area contributed by atoms with Gasteiger partial charge in [-0.05, 0) is 146 Å². The Morgan fingerprint density at radius 3 is 1.56 bits per heavy atom. The molecule has 0 bridgehead atoms. The van der Waals surface area contributed by atoms with Crippen molar-refractivity contribution in [2.24, 2.45) is 11.5 Å². The zero-order valence-corrected chi connectivity index (χ0v) is 50.4. The maximum atomic E-state index is 14.8. The number of aromatic amines is 1. The number of hydrogen-bond donors (Lipinski definition) is 7. The summed E-state index contributed by atoms with van der Waals surface area (Å²) in [5.41, 5.74) is 17.5. The number of carbonyl (C=O) groups excluding carboxylic acids is 4. The van der Waals surface area contributed by atoms with Crippen LogP contribution >= 0.6 is 0 Å². The van der Waals surface area contributed by atoms with E-state index in [0.29, 0.717) is 77.2 Å². The van der Waals surface area contributed by atoms with E-state index in [4.69, 9.17) is 20.9 Å². The number of aromatic nitrogens is 6. The fourth-order valence-electron chi connectivity index (χ4n) is 10.6. The van der Waals surface area contributed by atoms with Gasteiger partial charge in [0.05, 0.1) is 76.9 Å². The van der Waals surface area contributed by atoms with Crippen LogP contribution in [0, 0.1) is 32.4 Å². The van der Waals surface area contributed by atoms with Gasteiger partial charge in [0.2, 0.25) is 23.7 Å². The van der Waals surface area contributed by atoms with Crippen molar-refractivity contribution in [3.05, 3.63) is 148 Å². The van der Waals surface area contributed by atoms with Crippen molar-refractivity contribution in [3.63, 3.8) is 0 Å². The Labute approximate surface area is 504 Å². The van der Waals surface area contributed by atoms with Gasteiger partial charge in [0, 0.05) is 35.9 Å². The number of H-pyrrole nitrogens is 1. The quantitative estimate of drug-likeness (QED) is 0.0429. The highest BCUT2D eigenvalue weighted by Gasteiger charge is 2.31. The maximum Gasteiger partial charge on any atom is 0.269 e. The molecular formula is C61H64F2N16O8S. The molecule has 4 amide bonds. The van der Waals surface area contributed by atoms with Crippen LogP contribution in [0.15, 0.2) is 102 Å². The minimum absolute atomic E-state index is 0.00114. The van der Waals surface area contributed by atoms with Gasteiger partial charge in [-0.15, -0.1) is 0 Å². The number of anilines is 10. The van der Waals surface area contributed by atoms with Crippen LogP contribution in [0.2, 0.25) is 0 Å². The lowest BCUT2D eigenvalue weighted by Gasteiger charge is -2.21. The third-order valence-corrected chi connectivity index (χ3v) is 16.4. The number of primary amides is 2. The van der Waals surface area contributed by atoms with Gasteiger partial charge < -0.3 is 66.8 Å². The van der Waals surface area contributed by atoms with E-state index >= 15 is 0 Å². The molecule has 0 fully saturated rings. The predicted molar refractivity (Wildman–Crippen MR) is 333 cm³/mol. The molecule has 0 saturated heterocycles. The number of aryl methyl sites for hydroxylation is 3. The lowest BCUT2D eigenvalue weighted by atomic mass is 10.1. The number of fused-ring (bicyclic) bond motifs is 4. The van der Waals surface area contributed by atoms with Crippen LogP contribution < -0.4 is 52.0 Å². The predicted octanol–water partition coefficient (Wildman–Crippen LogP) is 7.92. The second kappa shape index (κ2) is 24.6. The summed E-state index contributed by atoms with van der Waals surface area (Å²) in [6.07, 6.45) is 1.36. The Morgan fingerprint density at radius 2 is 1.09 bits per heavy atom. The van der Waals surface area contributed by atoms with Crippen molar-refractivity contribution in [1.82, 2.24) is 38.7 Å². The summed E-state index contributed by atoms with van der Waals surface area (Å²) in [5.74, 6) is -1.97. The molecule has 0 radical (unpaired) electrons. The van der Waals surface area contributed by atoms with Crippen molar-refractivity contribution in [2.75, 3.05) is 99.7 Å². The molecule has 0 atom stereocenters. The fraction of sp³-hybridized carbons (Fsp3) is 0.246. The van der Waals surface area contributed by atoms with Crippen LogP contribution in [-0.2, 0) is 32.5 Å². The Morgan fingerprint density at radius 1 is 0.614 bits per heavy atom. The number of benzene rings is 5. The summed E-state index contributed by atoms with van der Waals surface area (Å²) in [7, 11) is 6.26. The van der Waals surface area contributed by atoms with Gasteiger partial charge in [0.1, 0.15) is 40.4 Å². The molecule has 9 N–H and O–H groups in total. The summed E-state index contributed by atoms with van der Waals surface area (Å²) in [6.45, 7) is 6.95. The zero-order valence-electron chi connectivity index (χ0n) is 49.6. The van der Waals surface area contributed by atoms with Gasteiger partial charge in [-0.2, -0.15) is 19.9 Å². The van der Waals surface area contributed by atoms with Crippen molar-refractivity contribution in [1.29, 1.82) is 0 Å². The highest BCUT2D eigenvalue weighted by Crippen LogP contribution is 2.42. The number of hydrogen-bond acceptors (Lipinski definition) is 18. The van der Waals surface area contributed by atoms with E-state index in [1.54, 1.807) is 59.1 Å². The van der Waals surface area contributed by atoms with E-state index in [1.807, 2.05) is 71.2 Å². The van der Waals surface area contributed by atoms with E-state index in [0.717, 1.165) is 44.5 Å². The molecule has 2 aliphatic rings. The molecule has 0 unspecified atom stereocenters. The normalized spacial score (nSPS) is 12.7. The number of ether oxygens (including phenoxy) is 2. The molecule has 27 heteroatoms. The zero-order chi connectivity index (χ0) is 63.0. The monoisotopic (exact) mass is 1220 g/mol. The molecule has 6 heterocycles. The largest absolute Gasteiger partial charge is 0.495 e. The molecule has 456 valence electrons. The minimum Gasteiger partial charge on any atom is -0.495 e. The number of rotatable bonds is 18. The van der Waals surface area contributed by atoms with Crippen LogP contribution in [0.3, 0.4) is 0 Å². The van der Waals surface area contributed by atoms with Crippen LogP contribution in [0.5, 0.6) is 11.5 Å². The average molecular weight is 1220 g/mol. The summed E-state index contributed by atoms with van der Waals surface area (Å²) in [6, 6.07) is 25.4. The lowest BCUT2D eigenvalue weighted by Crippen LogP contribution is -2.36. The van der Waals surface area contributed by atoms with Gasteiger partial charge in [0.15, 0.2) is 5.65 Å². The molecular weight excluding hydrogens is 1150 g/mol. The molecule has 11 rings (SSSR count). The van der Waals surface area contributed by atoms with Gasteiger partial charge in [-0.3, -0.25) is 19.2 Å². The van der Waals surface area contributed by atoms with Crippen LogP contribution in [0.1, 0.15) is 48.8 Å². The first-order valence-electron chi connectivity index (χ1n) is 27.6. The van der Waals surface area contributed by atoms with E-state index in [1.165, 1.54) is 43.5 Å². The molecule has 2 aliphatic heterocycles. The number of carbonyl (C=O) groups is 4. The Kier molecular flexibility index (Phi) is 17.0. The smallest absolute Gasteiger partial charge is 0.269 e. The summed E-state index contributed by atoms with van der Waals surface area (Å²) >= 11 is 0. The number of amides is 4. The highest BCUT2D eigenvalue weighted by atomic mass is 32.2. The first-order valence-corrected chi connectivity index (χ1v) is 29.0. The SMILES string of the molecule is COc1cc2c(cc1Nc1nc(Nc3cccc(F)c3C(N)=O)c3cc(C)[nH]c3n1)N(C(=O)CN(C)C)CC2.COc1cc2c(cc1Nc1nc(Nc3cccc(F)c3C(N)=O)c3cc(C)n(S(=O)(=O)c4ccc(C)cc4)c3n1)N(C(=O)CN(C)C)CC2. The number of nitrogens with two attached hydrogens (primary N) is 2. The number of likely N-dealkylation sites (N-methyl/N-ethyl adjacent to an activating group) is 2. The number of halogens is 2. The summed E-state index contributed by atoms with van der Waals surface area (Å²) in [4.78, 5) is 79.0. The molecule has 5 aromatic carbocycles. The minimum atomic E-state index is -4.16.